The lowest BCUT2D eigenvalue weighted by Crippen LogP contribution is -2.00. The summed E-state index contributed by atoms with van der Waals surface area (Å²) in [4.78, 5) is 0. The van der Waals surface area contributed by atoms with Crippen molar-refractivity contribution in [2.45, 2.75) is 13.5 Å². The lowest BCUT2D eigenvalue weighted by molar-refractivity contribution is 0.568. The third-order valence-corrected chi connectivity index (χ3v) is 3.21. The van der Waals surface area contributed by atoms with Gasteiger partial charge < -0.3 is 9.73 Å². The Morgan fingerprint density at radius 2 is 1.95 bits per heavy atom. The number of hydrogen-bond acceptors (Lipinski definition) is 4. The van der Waals surface area contributed by atoms with Gasteiger partial charge in [-0.05, 0) is 48.4 Å². The Morgan fingerprint density at radius 3 is 2.62 bits per heavy atom. The first-order valence-corrected chi connectivity index (χ1v) is 6.58. The first-order chi connectivity index (χ1) is 10.2. The van der Waals surface area contributed by atoms with Crippen molar-refractivity contribution in [1.29, 1.82) is 0 Å². The first-order valence-electron chi connectivity index (χ1n) is 6.58. The van der Waals surface area contributed by atoms with E-state index in [1.807, 2.05) is 30.3 Å². The predicted octanol–water partition coefficient (Wildman–Crippen LogP) is 3.80. The summed E-state index contributed by atoms with van der Waals surface area (Å²) in [5.74, 6) is 0.318. The molecule has 21 heavy (non-hydrogen) atoms. The third kappa shape index (κ3) is 3.08. The van der Waals surface area contributed by atoms with E-state index in [0.717, 1.165) is 16.8 Å². The lowest BCUT2D eigenvalue weighted by atomic mass is 10.1. The largest absolute Gasteiger partial charge is 0.423 e. The number of aryl methyl sites for hydroxylation is 1. The van der Waals surface area contributed by atoms with E-state index in [0.29, 0.717) is 18.0 Å². The molecule has 3 rings (SSSR count). The van der Waals surface area contributed by atoms with E-state index in [4.69, 9.17) is 4.42 Å². The molecule has 0 aliphatic carbocycles. The zero-order chi connectivity index (χ0) is 14.7. The van der Waals surface area contributed by atoms with Crippen LogP contribution in [0.5, 0.6) is 0 Å². The highest BCUT2D eigenvalue weighted by atomic mass is 19.1. The van der Waals surface area contributed by atoms with Gasteiger partial charge in [-0.1, -0.05) is 12.1 Å². The van der Waals surface area contributed by atoms with Gasteiger partial charge in [0, 0.05) is 17.8 Å². The van der Waals surface area contributed by atoms with Gasteiger partial charge in [0.15, 0.2) is 0 Å². The van der Waals surface area contributed by atoms with E-state index in [-0.39, 0.29) is 5.82 Å². The highest BCUT2D eigenvalue weighted by Crippen LogP contribution is 2.19. The highest BCUT2D eigenvalue weighted by molar-refractivity contribution is 5.58. The smallest absolute Gasteiger partial charge is 0.247 e. The predicted molar refractivity (Wildman–Crippen MR) is 78.2 cm³/mol. The Bertz CT molecular complexity index is 724. The Labute approximate surface area is 121 Å². The van der Waals surface area contributed by atoms with Crippen molar-refractivity contribution in [3.8, 4) is 11.5 Å². The minimum Gasteiger partial charge on any atom is -0.423 e. The highest BCUT2D eigenvalue weighted by Gasteiger charge is 2.03. The number of nitrogens with one attached hydrogen (secondary N) is 1. The van der Waals surface area contributed by atoms with Gasteiger partial charge in [-0.15, -0.1) is 10.2 Å². The summed E-state index contributed by atoms with van der Waals surface area (Å²) in [6, 6.07) is 12.8. The maximum Gasteiger partial charge on any atom is 0.247 e. The zero-order valence-corrected chi connectivity index (χ0v) is 11.5. The zero-order valence-electron chi connectivity index (χ0n) is 11.5. The molecule has 4 nitrogen and oxygen atoms in total. The van der Waals surface area contributed by atoms with Crippen LogP contribution in [-0.4, -0.2) is 10.2 Å². The van der Waals surface area contributed by atoms with Crippen LogP contribution in [0.1, 0.15) is 11.1 Å². The molecule has 1 N–H and O–H groups in total. The molecule has 1 aromatic heterocycles. The van der Waals surface area contributed by atoms with E-state index >= 15 is 0 Å². The van der Waals surface area contributed by atoms with Crippen molar-refractivity contribution in [3.05, 3.63) is 65.8 Å². The Morgan fingerprint density at radius 1 is 1.14 bits per heavy atom. The molecule has 0 saturated carbocycles. The molecule has 0 spiro atoms. The van der Waals surface area contributed by atoms with Crippen LogP contribution in [0.2, 0.25) is 0 Å². The van der Waals surface area contributed by atoms with Crippen LogP contribution in [0.3, 0.4) is 0 Å². The monoisotopic (exact) mass is 283 g/mol. The second-order valence-electron chi connectivity index (χ2n) is 4.76. The van der Waals surface area contributed by atoms with E-state index < -0.39 is 0 Å². The standard InChI is InChI=1S/C16H14FN3O/c1-11-8-12(2-7-15(11)17)9-18-14-5-3-13(4-6-14)16-20-19-10-21-16/h2-8,10,18H,9H2,1H3. The van der Waals surface area contributed by atoms with Gasteiger partial charge in [0.2, 0.25) is 12.3 Å². The number of anilines is 1. The maximum atomic E-state index is 13.2. The number of rotatable bonds is 4. The summed E-state index contributed by atoms with van der Waals surface area (Å²) >= 11 is 0. The Kier molecular flexibility index (Phi) is 3.64. The molecule has 0 saturated heterocycles. The SMILES string of the molecule is Cc1cc(CNc2ccc(-c3nnco3)cc2)ccc1F. The minimum absolute atomic E-state index is 0.178. The van der Waals surface area contributed by atoms with Crippen molar-refractivity contribution in [2.24, 2.45) is 0 Å². The molecule has 2 aromatic carbocycles. The van der Waals surface area contributed by atoms with Crippen LogP contribution in [0.25, 0.3) is 11.5 Å². The van der Waals surface area contributed by atoms with Crippen LogP contribution in [0.4, 0.5) is 10.1 Å². The molecular weight excluding hydrogens is 269 g/mol. The number of aromatic nitrogens is 2. The topological polar surface area (TPSA) is 51.0 Å². The summed E-state index contributed by atoms with van der Waals surface area (Å²) < 4.78 is 18.3. The van der Waals surface area contributed by atoms with Crippen LogP contribution >= 0.6 is 0 Å². The molecule has 0 atom stereocenters. The fourth-order valence-corrected chi connectivity index (χ4v) is 2.05. The summed E-state index contributed by atoms with van der Waals surface area (Å²) in [5, 5.41) is 10.8. The fourth-order valence-electron chi connectivity index (χ4n) is 2.05. The van der Waals surface area contributed by atoms with Crippen molar-refractivity contribution >= 4 is 5.69 Å². The molecule has 0 radical (unpaired) electrons. The molecule has 0 aliphatic rings. The van der Waals surface area contributed by atoms with Crippen LogP contribution in [0, 0.1) is 12.7 Å². The normalized spacial score (nSPS) is 10.6. The second-order valence-corrected chi connectivity index (χ2v) is 4.76. The van der Waals surface area contributed by atoms with Crippen LogP contribution in [0.15, 0.2) is 53.3 Å². The average Bonchev–Trinajstić information content (AvgIpc) is 3.03. The number of hydrogen-bond donors (Lipinski definition) is 1. The molecule has 106 valence electrons. The van der Waals surface area contributed by atoms with Crippen molar-refractivity contribution < 1.29 is 8.81 Å². The van der Waals surface area contributed by atoms with Gasteiger partial charge >= 0.3 is 0 Å². The second kappa shape index (κ2) is 5.75. The Balaban J connectivity index is 1.66. The summed E-state index contributed by atoms with van der Waals surface area (Å²) in [7, 11) is 0. The number of halogens is 1. The van der Waals surface area contributed by atoms with Gasteiger partial charge in [0.25, 0.3) is 0 Å². The molecule has 1 heterocycles. The average molecular weight is 283 g/mol. The van der Waals surface area contributed by atoms with Gasteiger partial charge in [-0.25, -0.2) is 4.39 Å². The van der Waals surface area contributed by atoms with Crippen LogP contribution in [-0.2, 0) is 6.54 Å². The van der Waals surface area contributed by atoms with Gasteiger partial charge in [-0.3, -0.25) is 0 Å². The molecular formula is C16H14FN3O. The minimum atomic E-state index is -0.178. The summed E-state index contributed by atoms with van der Waals surface area (Å²) in [6.45, 7) is 2.40. The van der Waals surface area contributed by atoms with Gasteiger partial charge in [-0.2, -0.15) is 0 Å². The Hall–Kier alpha value is -2.69. The fraction of sp³-hybridized carbons (Fsp3) is 0.125. The molecule has 0 unspecified atom stereocenters. The molecule has 0 amide bonds. The number of nitrogens with zero attached hydrogens (tertiary/aromatic N) is 2. The quantitative estimate of drug-likeness (QED) is 0.791. The molecule has 0 aliphatic heterocycles. The van der Waals surface area contributed by atoms with Crippen molar-refractivity contribution in [1.82, 2.24) is 10.2 Å². The molecule has 0 bridgehead atoms. The van der Waals surface area contributed by atoms with Crippen LogP contribution < -0.4 is 5.32 Å². The van der Waals surface area contributed by atoms with Gasteiger partial charge in [0.05, 0.1) is 0 Å². The van der Waals surface area contributed by atoms with Gasteiger partial charge in [0.1, 0.15) is 5.82 Å². The lowest BCUT2D eigenvalue weighted by Gasteiger charge is -2.08. The van der Waals surface area contributed by atoms with E-state index in [9.17, 15) is 4.39 Å². The third-order valence-electron chi connectivity index (χ3n) is 3.21. The molecule has 5 heteroatoms. The number of benzene rings is 2. The summed E-state index contributed by atoms with van der Waals surface area (Å²) in [5.41, 5.74) is 3.53. The summed E-state index contributed by atoms with van der Waals surface area (Å²) in [6.07, 6.45) is 1.30. The first kappa shape index (κ1) is 13.3. The van der Waals surface area contributed by atoms with Crippen molar-refractivity contribution in [2.75, 3.05) is 5.32 Å². The molecule has 3 aromatic rings. The van der Waals surface area contributed by atoms with E-state index in [1.54, 1.807) is 13.0 Å². The van der Waals surface area contributed by atoms with E-state index in [2.05, 4.69) is 15.5 Å². The molecule has 0 fully saturated rings. The maximum absolute atomic E-state index is 13.2. The van der Waals surface area contributed by atoms with Crippen molar-refractivity contribution in [3.63, 3.8) is 0 Å². The van der Waals surface area contributed by atoms with E-state index in [1.165, 1.54) is 12.5 Å².